The lowest BCUT2D eigenvalue weighted by molar-refractivity contribution is -0.147. The maximum Gasteiger partial charge on any atom is 0.250 e. The molecule has 1 aromatic carbocycles. The van der Waals surface area contributed by atoms with Gasteiger partial charge >= 0.3 is 0 Å². The van der Waals surface area contributed by atoms with Gasteiger partial charge in [0.05, 0.1) is 22.5 Å². The first-order valence-corrected chi connectivity index (χ1v) is 9.42. The lowest BCUT2D eigenvalue weighted by atomic mass is 9.76. The Morgan fingerprint density at radius 3 is 2.54 bits per heavy atom. The molecular formula is C19H21ClN4O4. The number of carbonyl (C=O) groups excluding carboxylic acids is 4. The molecule has 4 rings (SSSR count). The van der Waals surface area contributed by atoms with E-state index in [-0.39, 0.29) is 6.42 Å². The number of hydrogen-bond donors (Lipinski definition) is 3. The molecule has 8 nitrogen and oxygen atoms in total. The number of fused-ring (bicyclic) bond motifs is 4. The van der Waals surface area contributed by atoms with Crippen molar-refractivity contribution in [2.45, 2.75) is 44.3 Å². The second-order valence-electron chi connectivity index (χ2n) is 8.53. The summed E-state index contributed by atoms with van der Waals surface area (Å²) in [6.07, 6.45) is -0.164. The molecule has 4 unspecified atom stereocenters. The van der Waals surface area contributed by atoms with E-state index < -0.39 is 52.6 Å². The SMILES string of the molecule is CC(C)(C)N1C(=O)C2C(CC(N)=O)NC3(C(=O)Nc4c(Cl)cccc43)C2C1=O. The number of nitrogens with one attached hydrogen (secondary N) is 2. The van der Waals surface area contributed by atoms with Gasteiger partial charge in [0.15, 0.2) is 0 Å². The standard InChI is InChI=1S/C19H21ClN4O4/c1-18(2,3)24-15(26)12-10(7-11(21)25)23-19(13(12)16(24)27)8-5-4-6-9(20)14(8)22-17(19)28/h4-6,10,12-13,23H,7H2,1-3H3,(H2,21,25)(H,22,28). The molecule has 0 aromatic heterocycles. The highest BCUT2D eigenvalue weighted by Gasteiger charge is 2.71. The van der Waals surface area contributed by atoms with Gasteiger partial charge in [-0.25, -0.2) is 0 Å². The first-order chi connectivity index (χ1) is 13.0. The summed E-state index contributed by atoms with van der Waals surface area (Å²) in [5.41, 5.74) is 4.07. The molecule has 0 saturated carbocycles. The third kappa shape index (κ3) is 2.28. The number of para-hydroxylation sites is 1. The number of imide groups is 1. The largest absolute Gasteiger partial charge is 0.370 e. The number of rotatable bonds is 2. The van der Waals surface area contributed by atoms with Crippen molar-refractivity contribution in [1.82, 2.24) is 10.2 Å². The highest BCUT2D eigenvalue weighted by atomic mass is 35.5. The summed E-state index contributed by atoms with van der Waals surface area (Å²) < 4.78 is 0. The molecule has 0 aliphatic carbocycles. The minimum Gasteiger partial charge on any atom is -0.370 e. The van der Waals surface area contributed by atoms with Crippen molar-refractivity contribution in [2.75, 3.05) is 5.32 Å². The smallest absolute Gasteiger partial charge is 0.250 e. The van der Waals surface area contributed by atoms with Crippen LogP contribution >= 0.6 is 11.6 Å². The number of likely N-dealkylation sites (tertiary alicyclic amines) is 1. The van der Waals surface area contributed by atoms with Crippen LogP contribution in [0.3, 0.4) is 0 Å². The average molecular weight is 405 g/mol. The molecule has 3 aliphatic heterocycles. The van der Waals surface area contributed by atoms with Crippen LogP contribution in [0.15, 0.2) is 18.2 Å². The maximum atomic E-state index is 13.4. The molecule has 3 aliphatic rings. The highest BCUT2D eigenvalue weighted by molar-refractivity contribution is 6.35. The normalized spacial score (nSPS) is 31.4. The Morgan fingerprint density at radius 1 is 1.25 bits per heavy atom. The summed E-state index contributed by atoms with van der Waals surface area (Å²) in [6, 6.07) is 4.29. The first kappa shape index (κ1) is 18.9. The molecule has 1 aromatic rings. The van der Waals surface area contributed by atoms with E-state index in [1.807, 2.05) is 0 Å². The molecule has 4 amide bonds. The Balaban J connectivity index is 1.93. The van der Waals surface area contributed by atoms with E-state index in [1.54, 1.807) is 39.0 Å². The molecular weight excluding hydrogens is 384 g/mol. The highest BCUT2D eigenvalue weighted by Crippen LogP contribution is 2.55. The van der Waals surface area contributed by atoms with E-state index in [0.717, 1.165) is 0 Å². The lowest BCUT2D eigenvalue weighted by Gasteiger charge is -2.34. The van der Waals surface area contributed by atoms with Crippen molar-refractivity contribution in [2.24, 2.45) is 17.6 Å². The molecule has 28 heavy (non-hydrogen) atoms. The van der Waals surface area contributed by atoms with Crippen molar-refractivity contribution < 1.29 is 19.2 Å². The molecule has 148 valence electrons. The Hall–Kier alpha value is -2.45. The van der Waals surface area contributed by atoms with Crippen LogP contribution in [0.1, 0.15) is 32.8 Å². The molecule has 4 atom stereocenters. The first-order valence-electron chi connectivity index (χ1n) is 9.04. The summed E-state index contributed by atoms with van der Waals surface area (Å²) in [5, 5.41) is 6.21. The van der Waals surface area contributed by atoms with Gasteiger partial charge in [0.2, 0.25) is 23.6 Å². The van der Waals surface area contributed by atoms with Crippen molar-refractivity contribution in [3.05, 3.63) is 28.8 Å². The zero-order valence-electron chi connectivity index (χ0n) is 15.7. The zero-order valence-corrected chi connectivity index (χ0v) is 16.5. The third-order valence-electron chi connectivity index (χ3n) is 5.79. The van der Waals surface area contributed by atoms with Crippen LogP contribution < -0.4 is 16.4 Å². The van der Waals surface area contributed by atoms with E-state index >= 15 is 0 Å². The zero-order chi connectivity index (χ0) is 20.6. The fourth-order valence-electron chi connectivity index (χ4n) is 4.85. The number of nitrogens with zero attached hydrogens (tertiary/aromatic N) is 1. The molecule has 0 radical (unpaired) electrons. The Kier molecular flexibility index (Phi) is 3.90. The van der Waals surface area contributed by atoms with Crippen LogP contribution in [-0.4, -0.2) is 40.1 Å². The second kappa shape index (κ2) is 5.78. The Labute approximate surface area is 166 Å². The van der Waals surface area contributed by atoms with Gasteiger partial charge in [-0.2, -0.15) is 0 Å². The number of benzene rings is 1. The predicted octanol–water partition coefficient (Wildman–Crippen LogP) is 0.734. The van der Waals surface area contributed by atoms with Crippen LogP contribution in [0.25, 0.3) is 0 Å². The van der Waals surface area contributed by atoms with E-state index in [1.165, 1.54) is 4.90 Å². The predicted molar refractivity (Wildman–Crippen MR) is 101 cm³/mol. The van der Waals surface area contributed by atoms with Crippen LogP contribution in [0, 0.1) is 11.8 Å². The molecule has 4 N–H and O–H groups in total. The monoisotopic (exact) mass is 404 g/mol. The minimum absolute atomic E-state index is 0.164. The second-order valence-corrected chi connectivity index (χ2v) is 8.94. The average Bonchev–Trinajstić information content (AvgIpc) is 3.13. The lowest BCUT2D eigenvalue weighted by Crippen LogP contribution is -2.56. The van der Waals surface area contributed by atoms with Crippen LogP contribution in [0.2, 0.25) is 5.02 Å². The van der Waals surface area contributed by atoms with Gasteiger partial charge in [-0.05, 0) is 26.8 Å². The van der Waals surface area contributed by atoms with Crippen molar-refractivity contribution in [3.8, 4) is 0 Å². The summed E-state index contributed by atoms with van der Waals surface area (Å²) in [5.74, 6) is -3.77. The summed E-state index contributed by atoms with van der Waals surface area (Å²) in [7, 11) is 0. The topological polar surface area (TPSA) is 122 Å². The molecule has 2 saturated heterocycles. The van der Waals surface area contributed by atoms with Gasteiger partial charge < -0.3 is 11.1 Å². The maximum absolute atomic E-state index is 13.4. The van der Waals surface area contributed by atoms with Gasteiger partial charge in [0, 0.05) is 23.6 Å². The Morgan fingerprint density at radius 2 is 1.93 bits per heavy atom. The molecule has 3 heterocycles. The van der Waals surface area contributed by atoms with Crippen molar-refractivity contribution in [1.29, 1.82) is 0 Å². The van der Waals surface area contributed by atoms with Crippen molar-refractivity contribution in [3.63, 3.8) is 0 Å². The van der Waals surface area contributed by atoms with E-state index in [9.17, 15) is 19.2 Å². The summed E-state index contributed by atoms with van der Waals surface area (Å²) in [4.78, 5) is 52.6. The summed E-state index contributed by atoms with van der Waals surface area (Å²) >= 11 is 6.25. The summed E-state index contributed by atoms with van der Waals surface area (Å²) in [6.45, 7) is 5.27. The number of nitrogens with two attached hydrogens (primary N) is 1. The van der Waals surface area contributed by atoms with Gasteiger partial charge in [0.25, 0.3) is 0 Å². The number of amides is 4. The van der Waals surface area contributed by atoms with Crippen LogP contribution in [-0.2, 0) is 24.7 Å². The quantitative estimate of drug-likeness (QED) is 0.627. The minimum atomic E-state index is -1.47. The van der Waals surface area contributed by atoms with Crippen LogP contribution in [0.4, 0.5) is 5.69 Å². The fourth-order valence-corrected chi connectivity index (χ4v) is 5.07. The number of primary amides is 1. The van der Waals surface area contributed by atoms with Crippen LogP contribution in [0.5, 0.6) is 0 Å². The Bertz CT molecular complexity index is 940. The van der Waals surface area contributed by atoms with E-state index in [2.05, 4.69) is 10.6 Å². The third-order valence-corrected chi connectivity index (χ3v) is 6.11. The van der Waals surface area contributed by atoms with Crippen molar-refractivity contribution >= 4 is 40.9 Å². The molecule has 2 fully saturated rings. The number of halogens is 1. The molecule has 9 heteroatoms. The van der Waals surface area contributed by atoms with E-state index in [4.69, 9.17) is 17.3 Å². The van der Waals surface area contributed by atoms with Gasteiger partial charge in [0.1, 0.15) is 5.54 Å². The van der Waals surface area contributed by atoms with Gasteiger partial charge in [-0.1, -0.05) is 23.7 Å². The van der Waals surface area contributed by atoms with Gasteiger partial charge in [-0.3, -0.25) is 29.4 Å². The molecule has 0 bridgehead atoms. The number of hydrogen-bond acceptors (Lipinski definition) is 5. The fraction of sp³-hybridized carbons (Fsp3) is 0.474. The van der Waals surface area contributed by atoms with E-state index in [0.29, 0.717) is 16.3 Å². The number of carbonyl (C=O) groups is 4. The van der Waals surface area contributed by atoms with Gasteiger partial charge in [-0.15, -0.1) is 0 Å². The molecule has 1 spiro atoms. The number of anilines is 1.